The molecule has 0 unspecified atom stereocenters. The van der Waals surface area contributed by atoms with Crippen molar-refractivity contribution >= 4 is 11.7 Å². The molecule has 0 amide bonds. The van der Waals surface area contributed by atoms with Crippen molar-refractivity contribution in [2.75, 3.05) is 5.73 Å². The van der Waals surface area contributed by atoms with Crippen LogP contribution in [0.2, 0.25) is 0 Å². The fourth-order valence-electron chi connectivity index (χ4n) is 1.62. The number of ether oxygens (including phenoxy) is 1. The van der Waals surface area contributed by atoms with E-state index in [2.05, 4.69) is 0 Å². The zero-order valence-electron chi connectivity index (χ0n) is 10.2. The van der Waals surface area contributed by atoms with Crippen LogP contribution in [-0.4, -0.2) is 11.1 Å². The number of rotatable bonds is 3. The molecule has 0 saturated heterocycles. The highest BCUT2D eigenvalue weighted by atomic mass is 19.1. The average Bonchev–Trinajstić information content (AvgIpc) is 2.36. The SMILES string of the molecule is Cc1cccc(Oc2ccc(N)cc2C(=O)O)c1F. The number of anilines is 1. The highest BCUT2D eigenvalue weighted by Gasteiger charge is 2.14. The number of halogens is 1. The fraction of sp³-hybridized carbons (Fsp3) is 0.0714. The average molecular weight is 261 g/mol. The summed E-state index contributed by atoms with van der Waals surface area (Å²) in [6, 6.07) is 8.83. The van der Waals surface area contributed by atoms with Crippen molar-refractivity contribution in [2.45, 2.75) is 6.92 Å². The van der Waals surface area contributed by atoms with Crippen LogP contribution in [0.25, 0.3) is 0 Å². The Morgan fingerprint density at radius 2 is 2.00 bits per heavy atom. The van der Waals surface area contributed by atoms with E-state index in [-0.39, 0.29) is 17.1 Å². The van der Waals surface area contributed by atoms with Crippen LogP contribution < -0.4 is 10.5 Å². The third kappa shape index (κ3) is 2.65. The Morgan fingerprint density at radius 1 is 1.26 bits per heavy atom. The van der Waals surface area contributed by atoms with E-state index in [0.717, 1.165) is 0 Å². The Kier molecular flexibility index (Phi) is 3.37. The smallest absolute Gasteiger partial charge is 0.339 e. The van der Waals surface area contributed by atoms with Gasteiger partial charge >= 0.3 is 5.97 Å². The van der Waals surface area contributed by atoms with Gasteiger partial charge in [-0.15, -0.1) is 0 Å². The molecule has 0 spiro atoms. The number of carboxylic acid groups (broad SMARTS) is 1. The monoisotopic (exact) mass is 261 g/mol. The molecule has 0 aliphatic heterocycles. The van der Waals surface area contributed by atoms with Gasteiger partial charge in [0.15, 0.2) is 11.6 Å². The molecule has 5 heteroatoms. The van der Waals surface area contributed by atoms with Gasteiger partial charge in [0.25, 0.3) is 0 Å². The largest absolute Gasteiger partial charge is 0.478 e. The maximum Gasteiger partial charge on any atom is 0.339 e. The molecule has 3 N–H and O–H groups in total. The highest BCUT2D eigenvalue weighted by molar-refractivity contribution is 5.92. The third-order valence-corrected chi connectivity index (χ3v) is 2.61. The van der Waals surface area contributed by atoms with Gasteiger partial charge in [-0.1, -0.05) is 12.1 Å². The summed E-state index contributed by atoms with van der Waals surface area (Å²) < 4.78 is 19.1. The lowest BCUT2D eigenvalue weighted by Crippen LogP contribution is -2.02. The number of aromatic carboxylic acids is 1. The molecule has 0 aromatic heterocycles. The first-order valence-corrected chi connectivity index (χ1v) is 5.55. The van der Waals surface area contributed by atoms with Gasteiger partial charge in [0.1, 0.15) is 11.3 Å². The summed E-state index contributed by atoms with van der Waals surface area (Å²) >= 11 is 0. The lowest BCUT2D eigenvalue weighted by atomic mass is 10.1. The first kappa shape index (κ1) is 12.9. The number of nitrogen functional groups attached to an aromatic ring is 1. The predicted octanol–water partition coefficient (Wildman–Crippen LogP) is 3.21. The van der Waals surface area contributed by atoms with E-state index in [0.29, 0.717) is 11.3 Å². The minimum atomic E-state index is -1.18. The van der Waals surface area contributed by atoms with Crippen molar-refractivity contribution in [3.05, 3.63) is 53.3 Å². The molecule has 0 aliphatic carbocycles. The highest BCUT2D eigenvalue weighted by Crippen LogP contribution is 2.29. The van der Waals surface area contributed by atoms with Crippen molar-refractivity contribution in [1.82, 2.24) is 0 Å². The molecule has 0 atom stereocenters. The van der Waals surface area contributed by atoms with Crippen molar-refractivity contribution in [3.8, 4) is 11.5 Å². The van der Waals surface area contributed by atoms with Gasteiger partial charge in [-0.2, -0.15) is 0 Å². The van der Waals surface area contributed by atoms with Crippen LogP contribution in [0.3, 0.4) is 0 Å². The molecule has 4 nitrogen and oxygen atoms in total. The number of carboxylic acids is 1. The lowest BCUT2D eigenvalue weighted by molar-refractivity contribution is 0.0694. The van der Waals surface area contributed by atoms with Crippen LogP contribution in [0.5, 0.6) is 11.5 Å². The molecule has 2 aromatic rings. The molecule has 2 aromatic carbocycles. The molecule has 0 radical (unpaired) electrons. The molecule has 0 aliphatic rings. The molecular weight excluding hydrogens is 249 g/mol. The third-order valence-electron chi connectivity index (χ3n) is 2.61. The molecule has 98 valence electrons. The van der Waals surface area contributed by atoms with E-state index in [1.807, 2.05) is 0 Å². The summed E-state index contributed by atoms with van der Waals surface area (Å²) in [4.78, 5) is 11.1. The summed E-state index contributed by atoms with van der Waals surface area (Å²) in [7, 11) is 0. The second-order valence-electron chi connectivity index (χ2n) is 4.05. The quantitative estimate of drug-likeness (QED) is 0.832. The maximum absolute atomic E-state index is 13.8. The normalized spacial score (nSPS) is 10.2. The zero-order valence-corrected chi connectivity index (χ0v) is 10.2. The van der Waals surface area contributed by atoms with Gasteiger partial charge in [0.05, 0.1) is 0 Å². The molecule has 0 saturated carbocycles. The lowest BCUT2D eigenvalue weighted by Gasteiger charge is -2.11. The van der Waals surface area contributed by atoms with Gasteiger partial charge in [-0.25, -0.2) is 9.18 Å². The second kappa shape index (κ2) is 4.97. The second-order valence-corrected chi connectivity index (χ2v) is 4.05. The number of nitrogens with two attached hydrogens (primary N) is 1. The van der Waals surface area contributed by atoms with Crippen LogP contribution in [0.1, 0.15) is 15.9 Å². The molecule has 0 bridgehead atoms. The van der Waals surface area contributed by atoms with E-state index in [9.17, 15) is 9.18 Å². The Balaban J connectivity index is 2.44. The minimum absolute atomic E-state index is 0.0210. The van der Waals surface area contributed by atoms with E-state index in [4.69, 9.17) is 15.6 Å². The van der Waals surface area contributed by atoms with Crippen molar-refractivity contribution < 1.29 is 19.0 Å². The standard InChI is InChI=1S/C14H12FNO3/c1-8-3-2-4-12(13(8)15)19-11-6-5-9(16)7-10(11)14(17)18/h2-7H,16H2,1H3,(H,17,18). The van der Waals surface area contributed by atoms with Gasteiger partial charge < -0.3 is 15.6 Å². The summed E-state index contributed by atoms with van der Waals surface area (Å²) in [6.45, 7) is 1.60. The molecule has 0 heterocycles. The van der Waals surface area contributed by atoms with Crippen molar-refractivity contribution in [3.63, 3.8) is 0 Å². The van der Waals surface area contributed by atoms with Crippen LogP contribution in [0.4, 0.5) is 10.1 Å². The van der Waals surface area contributed by atoms with Gasteiger partial charge in [0, 0.05) is 5.69 Å². The molecule has 19 heavy (non-hydrogen) atoms. The Labute approximate surface area is 109 Å². The number of hydrogen-bond acceptors (Lipinski definition) is 3. The number of carbonyl (C=O) groups is 1. The Bertz CT molecular complexity index is 641. The first-order valence-electron chi connectivity index (χ1n) is 5.55. The topological polar surface area (TPSA) is 72.5 Å². The summed E-state index contributed by atoms with van der Waals surface area (Å²) in [5, 5.41) is 9.06. The number of hydrogen-bond donors (Lipinski definition) is 2. The van der Waals surface area contributed by atoms with E-state index >= 15 is 0 Å². The van der Waals surface area contributed by atoms with Crippen LogP contribution in [-0.2, 0) is 0 Å². The molecule has 0 fully saturated rings. The van der Waals surface area contributed by atoms with Crippen molar-refractivity contribution in [2.24, 2.45) is 0 Å². The van der Waals surface area contributed by atoms with Gasteiger partial charge in [0.2, 0.25) is 0 Å². The Hall–Kier alpha value is -2.56. The Morgan fingerprint density at radius 3 is 2.68 bits per heavy atom. The van der Waals surface area contributed by atoms with Crippen LogP contribution in [0, 0.1) is 12.7 Å². The zero-order chi connectivity index (χ0) is 14.0. The number of benzene rings is 2. The molecule has 2 rings (SSSR count). The van der Waals surface area contributed by atoms with Crippen LogP contribution in [0.15, 0.2) is 36.4 Å². The van der Waals surface area contributed by atoms with Gasteiger partial charge in [-0.3, -0.25) is 0 Å². The van der Waals surface area contributed by atoms with Gasteiger partial charge in [-0.05, 0) is 36.8 Å². The minimum Gasteiger partial charge on any atom is -0.478 e. The molecular formula is C14H12FNO3. The summed E-state index contributed by atoms with van der Waals surface area (Å²) in [5.41, 5.74) is 6.13. The summed E-state index contributed by atoms with van der Waals surface area (Å²) in [5.74, 6) is -1.68. The fourth-order valence-corrected chi connectivity index (χ4v) is 1.62. The van der Waals surface area contributed by atoms with Crippen molar-refractivity contribution in [1.29, 1.82) is 0 Å². The van der Waals surface area contributed by atoms with Crippen LogP contribution >= 0.6 is 0 Å². The number of aryl methyl sites for hydroxylation is 1. The predicted molar refractivity (Wildman–Crippen MR) is 69.0 cm³/mol. The van der Waals surface area contributed by atoms with E-state index in [1.54, 1.807) is 19.1 Å². The van der Waals surface area contributed by atoms with E-state index < -0.39 is 11.8 Å². The summed E-state index contributed by atoms with van der Waals surface area (Å²) in [6.07, 6.45) is 0. The van der Waals surface area contributed by atoms with E-state index in [1.165, 1.54) is 24.3 Å². The first-order chi connectivity index (χ1) is 8.99. The maximum atomic E-state index is 13.8.